The van der Waals surface area contributed by atoms with Gasteiger partial charge in [-0.3, -0.25) is 9.98 Å². The minimum absolute atomic E-state index is 0.0785. The highest BCUT2D eigenvalue weighted by Gasteiger charge is 2.08. The average Bonchev–Trinajstić information content (AvgIpc) is 2.90. The van der Waals surface area contributed by atoms with E-state index < -0.39 is 0 Å². The van der Waals surface area contributed by atoms with Crippen LogP contribution in [0.3, 0.4) is 0 Å². The van der Waals surface area contributed by atoms with E-state index in [9.17, 15) is 0 Å². The molecule has 2 heteroatoms. The van der Waals surface area contributed by atoms with E-state index >= 15 is 0 Å². The fourth-order valence-electron chi connectivity index (χ4n) is 4.51. The second kappa shape index (κ2) is 9.84. The van der Waals surface area contributed by atoms with Gasteiger partial charge in [-0.1, -0.05) is 103 Å². The summed E-state index contributed by atoms with van der Waals surface area (Å²) in [5.41, 5.74) is 4.65. The topological polar surface area (TPSA) is 24.7 Å². The molecule has 5 aromatic carbocycles. The molecule has 2 nitrogen and oxygen atoms in total. The van der Waals surface area contributed by atoms with E-state index in [4.69, 9.17) is 9.98 Å². The molecule has 5 aromatic rings. The predicted molar refractivity (Wildman–Crippen MR) is 146 cm³/mol. The highest BCUT2D eigenvalue weighted by molar-refractivity contribution is 5.89. The van der Waals surface area contributed by atoms with E-state index in [0.29, 0.717) is 0 Å². The molecule has 0 amide bonds. The van der Waals surface area contributed by atoms with Crippen molar-refractivity contribution in [2.75, 3.05) is 0 Å². The summed E-state index contributed by atoms with van der Waals surface area (Å²) in [6.07, 6.45) is 3.94. The van der Waals surface area contributed by atoms with Crippen LogP contribution in [-0.4, -0.2) is 12.4 Å². The van der Waals surface area contributed by atoms with Gasteiger partial charge >= 0.3 is 0 Å². The molecule has 5 rings (SSSR count). The number of fused-ring (bicyclic) bond motifs is 2. The van der Waals surface area contributed by atoms with Gasteiger partial charge in [-0.05, 0) is 63.7 Å². The van der Waals surface area contributed by atoms with Crippen molar-refractivity contribution in [1.29, 1.82) is 0 Å². The summed E-state index contributed by atoms with van der Waals surface area (Å²) in [6.45, 7) is 4.30. The third-order valence-corrected chi connectivity index (χ3v) is 6.35. The van der Waals surface area contributed by atoms with Crippen LogP contribution in [0.5, 0.6) is 0 Å². The van der Waals surface area contributed by atoms with E-state index in [2.05, 4.69) is 123 Å². The summed E-state index contributed by atoms with van der Waals surface area (Å²) in [5.74, 6) is 0. The van der Waals surface area contributed by atoms with Crippen molar-refractivity contribution in [1.82, 2.24) is 0 Å². The second-order valence-corrected chi connectivity index (χ2v) is 8.72. The molecule has 2 atom stereocenters. The van der Waals surface area contributed by atoms with Gasteiger partial charge in [0.2, 0.25) is 0 Å². The predicted octanol–water partition coefficient (Wildman–Crippen LogP) is 8.35. The fourth-order valence-corrected chi connectivity index (χ4v) is 4.51. The molecule has 0 aliphatic rings. The molecule has 0 aliphatic heterocycles. The van der Waals surface area contributed by atoms with Gasteiger partial charge in [-0.2, -0.15) is 0 Å². The maximum Gasteiger partial charge on any atom is 0.0727 e. The van der Waals surface area contributed by atoms with Crippen LogP contribution in [0.1, 0.15) is 48.2 Å². The Morgan fingerprint density at radius 2 is 0.912 bits per heavy atom. The maximum absolute atomic E-state index is 4.86. The third-order valence-electron chi connectivity index (χ3n) is 6.35. The lowest BCUT2D eigenvalue weighted by atomic mass is 10.00. The normalized spacial score (nSPS) is 13.7. The lowest BCUT2D eigenvalue weighted by Crippen LogP contribution is -1.95. The van der Waals surface area contributed by atoms with Crippen LogP contribution < -0.4 is 0 Å². The fraction of sp³-hybridized carbons (Fsp3) is 0.125. The van der Waals surface area contributed by atoms with E-state index in [1.54, 1.807) is 0 Å². The van der Waals surface area contributed by atoms with Crippen LogP contribution in [-0.2, 0) is 0 Å². The molecule has 0 saturated heterocycles. The van der Waals surface area contributed by atoms with Crippen LogP contribution in [0.4, 0.5) is 0 Å². The zero-order valence-electron chi connectivity index (χ0n) is 19.6. The van der Waals surface area contributed by atoms with Crippen molar-refractivity contribution in [2.45, 2.75) is 25.9 Å². The number of nitrogens with zero attached hydrogens (tertiary/aromatic N) is 2. The molecule has 0 aliphatic carbocycles. The lowest BCUT2D eigenvalue weighted by Gasteiger charge is -2.11. The third kappa shape index (κ3) is 4.67. The van der Waals surface area contributed by atoms with E-state index in [1.165, 1.54) is 32.7 Å². The largest absolute Gasteiger partial charge is 0.285 e. The standard InChI is InChI=1S/C32H28N2/c1-23(29-18-8-14-27-12-3-5-16-31(27)29)33-21-25-10-7-11-26(20-25)22-34-24(2)30-19-9-15-28-13-4-6-17-32(28)30/h3-24H,1-2H3/t23-,24-/m0/s1. The summed E-state index contributed by atoms with van der Waals surface area (Å²) in [7, 11) is 0. The zero-order chi connectivity index (χ0) is 23.3. The molecule has 0 bridgehead atoms. The van der Waals surface area contributed by atoms with E-state index in [0.717, 1.165) is 11.1 Å². The monoisotopic (exact) mass is 440 g/mol. The number of hydrogen-bond donors (Lipinski definition) is 0. The Hall–Kier alpha value is -4.04. The highest BCUT2D eigenvalue weighted by Crippen LogP contribution is 2.27. The first-order valence-corrected chi connectivity index (χ1v) is 11.8. The Balaban J connectivity index is 1.34. The van der Waals surface area contributed by atoms with Gasteiger partial charge in [-0.15, -0.1) is 0 Å². The molecule has 0 fully saturated rings. The van der Waals surface area contributed by atoms with Crippen molar-refractivity contribution in [2.24, 2.45) is 9.98 Å². The van der Waals surface area contributed by atoms with Gasteiger partial charge in [0.05, 0.1) is 12.1 Å². The van der Waals surface area contributed by atoms with Crippen LogP contribution in [0.15, 0.2) is 119 Å². The first kappa shape index (κ1) is 21.8. The number of benzene rings is 5. The molecule has 0 heterocycles. The molecule has 0 spiro atoms. The Morgan fingerprint density at radius 1 is 0.500 bits per heavy atom. The van der Waals surface area contributed by atoms with Crippen molar-refractivity contribution >= 4 is 34.0 Å². The minimum atomic E-state index is 0.0785. The number of hydrogen-bond acceptors (Lipinski definition) is 2. The first-order chi connectivity index (χ1) is 16.7. The summed E-state index contributed by atoms with van der Waals surface area (Å²) in [5, 5.41) is 5.03. The van der Waals surface area contributed by atoms with Gasteiger partial charge in [0.15, 0.2) is 0 Å². The van der Waals surface area contributed by atoms with Crippen molar-refractivity contribution in [3.05, 3.63) is 131 Å². The Labute approximate surface area is 201 Å². The van der Waals surface area contributed by atoms with Crippen LogP contribution in [0.25, 0.3) is 21.5 Å². The van der Waals surface area contributed by atoms with Gasteiger partial charge in [-0.25, -0.2) is 0 Å². The summed E-state index contributed by atoms with van der Waals surface area (Å²) in [4.78, 5) is 9.73. The van der Waals surface area contributed by atoms with Gasteiger partial charge < -0.3 is 0 Å². The van der Waals surface area contributed by atoms with Crippen molar-refractivity contribution < 1.29 is 0 Å². The number of aliphatic imine (C=N–C) groups is 2. The zero-order valence-corrected chi connectivity index (χ0v) is 19.6. The molecule has 0 saturated carbocycles. The van der Waals surface area contributed by atoms with Gasteiger partial charge in [0.25, 0.3) is 0 Å². The maximum atomic E-state index is 4.86. The summed E-state index contributed by atoms with van der Waals surface area (Å²) >= 11 is 0. The molecular weight excluding hydrogens is 412 g/mol. The number of rotatable bonds is 6. The molecule has 0 unspecified atom stereocenters. The lowest BCUT2D eigenvalue weighted by molar-refractivity contribution is 0.833. The summed E-state index contributed by atoms with van der Waals surface area (Å²) in [6, 6.07) is 38.4. The molecule has 0 radical (unpaired) electrons. The van der Waals surface area contributed by atoms with Gasteiger partial charge in [0, 0.05) is 12.4 Å². The SMILES string of the molecule is C[C@H](N=Cc1cccc(C=N[C@@H](C)c2cccc3ccccc23)c1)c1cccc2ccccc12. The van der Waals surface area contributed by atoms with Crippen molar-refractivity contribution in [3.8, 4) is 0 Å². The van der Waals surface area contributed by atoms with Gasteiger partial charge in [0.1, 0.15) is 0 Å². The molecule has 166 valence electrons. The summed E-state index contributed by atoms with van der Waals surface area (Å²) < 4.78 is 0. The molecule has 0 N–H and O–H groups in total. The highest BCUT2D eigenvalue weighted by atomic mass is 14.8. The Bertz CT molecular complexity index is 1370. The minimum Gasteiger partial charge on any atom is -0.285 e. The average molecular weight is 441 g/mol. The molecule has 0 aromatic heterocycles. The van der Waals surface area contributed by atoms with Crippen LogP contribution >= 0.6 is 0 Å². The van der Waals surface area contributed by atoms with E-state index in [1.807, 2.05) is 12.4 Å². The molecular formula is C32H28N2. The van der Waals surface area contributed by atoms with Crippen LogP contribution in [0, 0.1) is 0 Å². The smallest absolute Gasteiger partial charge is 0.0727 e. The Morgan fingerprint density at radius 3 is 1.41 bits per heavy atom. The Kier molecular flexibility index (Phi) is 6.31. The van der Waals surface area contributed by atoms with E-state index in [-0.39, 0.29) is 12.1 Å². The van der Waals surface area contributed by atoms with Crippen LogP contribution in [0.2, 0.25) is 0 Å². The second-order valence-electron chi connectivity index (χ2n) is 8.72. The quantitative estimate of drug-likeness (QED) is 0.237. The molecule has 34 heavy (non-hydrogen) atoms. The first-order valence-electron chi connectivity index (χ1n) is 11.8. The van der Waals surface area contributed by atoms with Crippen molar-refractivity contribution in [3.63, 3.8) is 0 Å².